The fourth-order valence-electron chi connectivity index (χ4n) is 11.1. The average Bonchev–Trinajstić information content (AvgIpc) is 3.90. The van der Waals surface area contributed by atoms with E-state index in [0.29, 0.717) is 17.5 Å². The predicted octanol–water partition coefficient (Wildman–Crippen LogP) is 15.1. The highest BCUT2D eigenvalue weighted by Crippen LogP contribution is 2.63. The monoisotopic (exact) mass is 831 g/mol. The van der Waals surface area contributed by atoms with E-state index in [-0.39, 0.29) is 5.41 Å². The molecule has 0 radical (unpaired) electrons. The molecule has 2 aliphatic rings. The molecule has 306 valence electrons. The van der Waals surface area contributed by atoms with Crippen LogP contribution < -0.4 is 0 Å². The Kier molecular flexibility index (Phi) is 8.13. The number of benzene rings is 9. The van der Waals surface area contributed by atoms with Gasteiger partial charge < -0.3 is 4.42 Å². The molecule has 2 heterocycles. The molecule has 0 atom stereocenters. The van der Waals surface area contributed by atoms with Crippen molar-refractivity contribution in [2.45, 2.75) is 24.7 Å². The van der Waals surface area contributed by atoms with E-state index in [0.717, 1.165) is 72.0 Å². The van der Waals surface area contributed by atoms with Crippen molar-refractivity contribution in [1.82, 2.24) is 15.0 Å². The Bertz CT molecular complexity index is 3650. The van der Waals surface area contributed by atoms with Crippen molar-refractivity contribution in [2.24, 2.45) is 0 Å². The Morgan fingerprint density at radius 1 is 0.338 bits per heavy atom. The first-order chi connectivity index (χ1) is 32.0. The molecule has 13 rings (SSSR count). The largest absolute Gasteiger partial charge is 0.455 e. The highest BCUT2D eigenvalue weighted by molar-refractivity contribution is 6.10. The van der Waals surface area contributed by atoms with Crippen LogP contribution in [0.25, 0.3) is 89.5 Å². The van der Waals surface area contributed by atoms with Crippen LogP contribution in [0, 0.1) is 0 Å². The van der Waals surface area contributed by atoms with Gasteiger partial charge in [0.1, 0.15) is 11.2 Å². The van der Waals surface area contributed by atoms with E-state index in [1.165, 1.54) is 33.4 Å². The van der Waals surface area contributed by atoms with Gasteiger partial charge in [0.05, 0.1) is 5.41 Å². The average molecular weight is 832 g/mol. The van der Waals surface area contributed by atoms with Crippen LogP contribution in [0.5, 0.6) is 0 Å². The molecule has 4 heteroatoms. The second-order valence-corrected chi connectivity index (χ2v) is 17.9. The Morgan fingerprint density at radius 3 is 1.63 bits per heavy atom. The smallest absolute Gasteiger partial charge is 0.164 e. The molecule has 2 aliphatic carbocycles. The molecule has 0 amide bonds. The van der Waals surface area contributed by atoms with Crippen molar-refractivity contribution in [3.8, 4) is 67.5 Å². The lowest BCUT2D eigenvalue weighted by Crippen LogP contribution is -2.40. The second-order valence-electron chi connectivity index (χ2n) is 17.9. The van der Waals surface area contributed by atoms with Gasteiger partial charge in [0, 0.05) is 38.4 Å². The van der Waals surface area contributed by atoms with E-state index in [1.54, 1.807) is 0 Å². The highest BCUT2D eigenvalue weighted by Gasteiger charge is 2.54. The molecule has 11 aromatic rings. The fraction of sp³-hybridized carbons (Fsp3) is 0.0656. The minimum absolute atomic E-state index is 0.224. The molecule has 0 bridgehead atoms. The van der Waals surface area contributed by atoms with E-state index in [4.69, 9.17) is 19.4 Å². The summed E-state index contributed by atoms with van der Waals surface area (Å²) in [5.41, 5.74) is 18.1. The molecule has 0 aliphatic heterocycles. The van der Waals surface area contributed by atoms with E-state index < -0.39 is 5.41 Å². The van der Waals surface area contributed by atoms with Crippen LogP contribution in [-0.4, -0.2) is 15.0 Å². The summed E-state index contributed by atoms with van der Waals surface area (Å²) in [5, 5.41) is 2.22. The maximum Gasteiger partial charge on any atom is 0.164 e. The summed E-state index contributed by atoms with van der Waals surface area (Å²) in [7, 11) is 0. The minimum atomic E-state index is -0.616. The molecule has 0 unspecified atom stereocenters. The van der Waals surface area contributed by atoms with Crippen LogP contribution >= 0.6 is 0 Å². The molecule has 2 aromatic heterocycles. The van der Waals surface area contributed by atoms with Crippen LogP contribution in [0.2, 0.25) is 0 Å². The number of fused-ring (bicyclic) bond motifs is 12. The van der Waals surface area contributed by atoms with Crippen LogP contribution in [0.1, 0.15) is 47.2 Å². The third kappa shape index (κ3) is 5.47. The molecule has 4 nitrogen and oxygen atoms in total. The van der Waals surface area contributed by atoms with Gasteiger partial charge in [0.2, 0.25) is 0 Å². The number of nitrogens with zero attached hydrogens (tertiary/aromatic N) is 3. The van der Waals surface area contributed by atoms with Crippen molar-refractivity contribution in [3.05, 3.63) is 246 Å². The van der Waals surface area contributed by atoms with Crippen molar-refractivity contribution in [2.75, 3.05) is 0 Å². The van der Waals surface area contributed by atoms with Gasteiger partial charge in [0.15, 0.2) is 17.5 Å². The zero-order chi connectivity index (χ0) is 43.3. The summed E-state index contributed by atoms with van der Waals surface area (Å²) in [5.74, 6) is 1.88. The van der Waals surface area contributed by atoms with Gasteiger partial charge in [0.25, 0.3) is 0 Å². The summed E-state index contributed by atoms with van der Waals surface area (Å²) >= 11 is 0. The summed E-state index contributed by atoms with van der Waals surface area (Å²) in [6.07, 6.45) is 0. The van der Waals surface area contributed by atoms with Gasteiger partial charge in [-0.25, -0.2) is 15.0 Å². The molecule has 0 fully saturated rings. The van der Waals surface area contributed by atoms with E-state index >= 15 is 0 Å². The Hall–Kier alpha value is -8.21. The second kappa shape index (κ2) is 14.2. The number of hydrogen-bond donors (Lipinski definition) is 0. The van der Waals surface area contributed by atoms with Crippen molar-refractivity contribution < 1.29 is 4.42 Å². The Balaban J connectivity index is 1.11. The van der Waals surface area contributed by atoms with Crippen molar-refractivity contribution in [1.29, 1.82) is 0 Å². The summed E-state index contributed by atoms with van der Waals surface area (Å²) in [6, 6.07) is 76.0. The van der Waals surface area contributed by atoms with Crippen LogP contribution in [0.15, 0.2) is 217 Å². The van der Waals surface area contributed by atoms with Crippen LogP contribution in [-0.2, 0) is 10.8 Å². The maximum atomic E-state index is 6.67. The van der Waals surface area contributed by atoms with E-state index in [1.807, 2.05) is 30.3 Å². The number of rotatable bonds is 5. The first kappa shape index (κ1) is 37.4. The number of aromatic nitrogens is 3. The molecule has 1 spiro atoms. The first-order valence-electron chi connectivity index (χ1n) is 22.4. The van der Waals surface area contributed by atoms with Gasteiger partial charge in [-0.05, 0) is 79.4 Å². The van der Waals surface area contributed by atoms with Gasteiger partial charge in [-0.2, -0.15) is 0 Å². The Morgan fingerprint density at radius 2 is 0.877 bits per heavy atom. The quantitative estimate of drug-likeness (QED) is 0.173. The highest BCUT2D eigenvalue weighted by atomic mass is 16.3. The molecule has 0 saturated carbocycles. The molecule has 65 heavy (non-hydrogen) atoms. The number of furan rings is 1. The van der Waals surface area contributed by atoms with Gasteiger partial charge in [-0.3, -0.25) is 0 Å². The lowest BCUT2D eigenvalue weighted by atomic mass is 9.55. The lowest BCUT2D eigenvalue weighted by Gasteiger charge is -2.46. The summed E-state index contributed by atoms with van der Waals surface area (Å²) in [4.78, 5) is 16.0. The van der Waals surface area contributed by atoms with Crippen LogP contribution in [0.3, 0.4) is 0 Å². The van der Waals surface area contributed by atoms with E-state index in [9.17, 15) is 0 Å². The SMILES string of the molecule is CC1(C)c2ccccc2C2(c3ccc(-c4cccc5c4oc4ccccc45)cc3-c3c(-c4nc(-c5ccccc5)nc(-c5cccc(-c6ccccc6)c5)n4)cccc32)c2ccccc21. The fourth-order valence-corrected chi connectivity index (χ4v) is 11.1. The predicted molar refractivity (Wildman–Crippen MR) is 264 cm³/mol. The molecular formula is C61H41N3O. The molecular weight excluding hydrogens is 791 g/mol. The van der Waals surface area contributed by atoms with Crippen molar-refractivity contribution in [3.63, 3.8) is 0 Å². The number of para-hydroxylation sites is 2. The normalized spacial score (nSPS) is 13.9. The topological polar surface area (TPSA) is 51.8 Å². The van der Waals surface area contributed by atoms with E-state index in [2.05, 4.69) is 196 Å². The zero-order valence-corrected chi connectivity index (χ0v) is 36.0. The first-order valence-corrected chi connectivity index (χ1v) is 22.4. The molecule has 0 N–H and O–H groups in total. The Labute approximate surface area is 377 Å². The standard InChI is InChI=1S/C61H41N3O/c1-60(2)49-28-10-12-30-51(49)61(52-31-13-11-29-50(52)60)48-35-34-41(43-25-16-26-45-44-24-9-14-33-54(44)65-56(43)45)37-47(48)55-46(27-17-32-53(55)61)59-63-57(39-20-7-4-8-21-39)62-58(64-59)42-23-15-22-40(36-42)38-18-5-3-6-19-38/h3-37H,1-2H3. The zero-order valence-electron chi connectivity index (χ0n) is 36.0. The minimum Gasteiger partial charge on any atom is -0.455 e. The number of hydrogen-bond acceptors (Lipinski definition) is 4. The molecule has 9 aromatic carbocycles. The van der Waals surface area contributed by atoms with Crippen LogP contribution in [0.4, 0.5) is 0 Å². The molecule has 0 saturated heterocycles. The summed E-state index contributed by atoms with van der Waals surface area (Å²) in [6.45, 7) is 4.73. The summed E-state index contributed by atoms with van der Waals surface area (Å²) < 4.78 is 6.67. The van der Waals surface area contributed by atoms with Gasteiger partial charge in [-0.15, -0.1) is 0 Å². The third-order valence-corrected chi connectivity index (χ3v) is 14.0. The van der Waals surface area contributed by atoms with Crippen molar-refractivity contribution >= 4 is 21.9 Å². The maximum absolute atomic E-state index is 6.67. The van der Waals surface area contributed by atoms with Gasteiger partial charge >= 0.3 is 0 Å². The van der Waals surface area contributed by atoms with Gasteiger partial charge in [-0.1, -0.05) is 208 Å². The third-order valence-electron chi connectivity index (χ3n) is 14.0. The lowest BCUT2D eigenvalue weighted by molar-refractivity contribution is 0.563.